The van der Waals surface area contributed by atoms with Crippen LogP contribution in [0.4, 0.5) is 0 Å². The first kappa shape index (κ1) is 15.0. The summed E-state index contributed by atoms with van der Waals surface area (Å²) in [5.74, 6) is 8.88. The molecule has 0 rings (SSSR count). The third kappa shape index (κ3) is 7.90. The van der Waals surface area contributed by atoms with Gasteiger partial charge in [0.15, 0.2) is 0 Å². The van der Waals surface area contributed by atoms with Gasteiger partial charge in [0.25, 0.3) is 0 Å². The van der Waals surface area contributed by atoms with Gasteiger partial charge in [-0.15, -0.1) is 0 Å². The third-order valence-electron chi connectivity index (χ3n) is 2.23. The van der Waals surface area contributed by atoms with Gasteiger partial charge in [-0.2, -0.15) is 0 Å². The maximum absolute atomic E-state index is 8.57. The van der Waals surface area contributed by atoms with Crippen molar-refractivity contribution in [3.63, 3.8) is 0 Å². The van der Waals surface area contributed by atoms with Gasteiger partial charge in [-0.3, -0.25) is 0 Å². The summed E-state index contributed by atoms with van der Waals surface area (Å²) in [5, 5.41) is 19.0. The predicted molar refractivity (Wildman–Crippen MR) is 66.1 cm³/mol. The average Bonchev–Trinajstić information content (AvgIpc) is 2.10. The van der Waals surface area contributed by atoms with Gasteiger partial charge in [-0.25, -0.2) is 0 Å². The van der Waals surface area contributed by atoms with Gasteiger partial charge in [-0.05, 0) is 0 Å². The van der Waals surface area contributed by atoms with E-state index in [1.54, 1.807) is 0 Å². The van der Waals surface area contributed by atoms with Crippen LogP contribution >= 0.6 is 0 Å². The van der Waals surface area contributed by atoms with Crippen molar-refractivity contribution in [1.82, 2.24) is 0 Å². The zero-order chi connectivity index (χ0) is 11.9. The number of hydrogen-bond donors (Lipinski definition) is 0. The zero-order valence-electron chi connectivity index (χ0n) is 10.1. The van der Waals surface area contributed by atoms with Crippen LogP contribution in [0.25, 0.3) is 0 Å². The molecule has 0 fully saturated rings. The molecule has 0 aliphatic carbocycles. The van der Waals surface area contributed by atoms with Crippen LogP contribution in [0.1, 0.15) is 12.8 Å². The number of nitrogens with zero attached hydrogens (tertiary/aromatic N) is 2. The maximum atomic E-state index is 8.57. The summed E-state index contributed by atoms with van der Waals surface area (Å²) in [6.45, 7) is 0. The Balaban J connectivity index is 4.18. The molecule has 0 aromatic heterocycles. The van der Waals surface area contributed by atoms with Gasteiger partial charge in [0, 0.05) is 0 Å². The second-order valence-corrected chi connectivity index (χ2v) is 24.5. The Morgan fingerprint density at radius 2 is 1.20 bits per heavy atom. The molecule has 3 nitrogen and oxygen atoms in total. The third-order valence-corrected chi connectivity index (χ3v) is 22.7. The van der Waals surface area contributed by atoms with E-state index in [2.05, 4.69) is 35.2 Å². The van der Waals surface area contributed by atoms with E-state index in [1.807, 2.05) is 0 Å². The fraction of sp³-hybridized carbons (Fsp3) is 0.800. The number of rotatable bonds is 6. The van der Waals surface area contributed by atoms with E-state index in [-0.39, 0.29) is 0 Å². The van der Waals surface area contributed by atoms with E-state index in [4.69, 9.17) is 13.3 Å². The molecule has 0 aliphatic rings. The van der Waals surface area contributed by atoms with Gasteiger partial charge in [0.1, 0.15) is 0 Å². The van der Waals surface area contributed by atoms with Crippen LogP contribution in [-0.2, 0) is 2.79 Å². The van der Waals surface area contributed by atoms with Crippen molar-refractivity contribution < 1.29 is 2.79 Å². The summed E-state index contributed by atoms with van der Waals surface area (Å²) in [6.07, 6.45) is 1.23. The van der Waals surface area contributed by atoms with E-state index >= 15 is 0 Å². The van der Waals surface area contributed by atoms with E-state index in [1.165, 1.54) is 0 Å². The van der Waals surface area contributed by atoms with Gasteiger partial charge < -0.3 is 0 Å². The Kier molecular flexibility index (Phi) is 6.59. The van der Waals surface area contributed by atoms with Crippen LogP contribution in [0.3, 0.4) is 0 Å². The molecule has 0 spiro atoms. The first-order chi connectivity index (χ1) is 6.83. The van der Waals surface area contributed by atoms with Crippen molar-refractivity contribution >= 4 is 27.2 Å². The van der Waals surface area contributed by atoms with Crippen molar-refractivity contribution in [3.8, 4) is 12.1 Å². The number of nitriles is 2. The first-order valence-electron chi connectivity index (χ1n) is 5.27. The van der Waals surface area contributed by atoms with Crippen LogP contribution in [-0.4, -0.2) is 27.2 Å². The summed E-state index contributed by atoms with van der Waals surface area (Å²) in [5.41, 5.74) is 0. The quantitative estimate of drug-likeness (QED) is 0.703. The average molecular weight is 330 g/mol. The van der Waals surface area contributed by atoms with Crippen LogP contribution in [0.15, 0.2) is 0 Å². The molecule has 15 heavy (non-hydrogen) atoms. The molecular weight excluding hydrogens is 309 g/mol. The molecule has 0 bridgehead atoms. The van der Waals surface area contributed by atoms with E-state index in [0.29, 0.717) is 12.8 Å². The van der Waals surface area contributed by atoms with Crippen LogP contribution in [0.2, 0.25) is 33.5 Å². The van der Waals surface area contributed by atoms with E-state index < -0.39 is 27.2 Å². The van der Waals surface area contributed by atoms with E-state index in [9.17, 15) is 0 Å². The minimum absolute atomic E-state index is 0.615. The van der Waals surface area contributed by atoms with E-state index in [0.717, 1.165) is 10.5 Å². The molecule has 0 atom stereocenters. The molecule has 0 saturated carbocycles. The topological polar surface area (TPSA) is 56.8 Å². The molecule has 0 heterocycles. The molecule has 5 heteroatoms. The summed E-state index contributed by atoms with van der Waals surface area (Å²) < 4.78 is 6.30. The molecule has 0 saturated heterocycles. The fourth-order valence-corrected chi connectivity index (χ4v) is 26.7. The SMILES string of the molecule is [CH3][Ge]([CH3])([CH2]CC#N)[O][Ge]([CH3])([CH3])[CH2]CC#N. The standard InChI is InChI=1S/C10H20Ge2N2O/c1-11(2,7-5-9-13)15-12(3,4)8-6-10-14/h5-8H2,1-4H3. The van der Waals surface area contributed by atoms with Crippen molar-refractivity contribution in [3.05, 3.63) is 0 Å². The van der Waals surface area contributed by atoms with Crippen LogP contribution < -0.4 is 0 Å². The van der Waals surface area contributed by atoms with Gasteiger partial charge in [0.2, 0.25) is 0 Å². The predicted octanol–water partition coefficient (Wildman–Crippen LogP) is 3.24. The zero-order valence-corrected chi connectivity index (χ0v) is 14.3. The summed E-state index contributed by atoms with van der Waals surface area (Å²) >= 11 is -4.33. The van der Waals surface area contributed by atoms with Crippen molar-refractivity contribution in [1.29, 1.82) is 10.5 Å². The van der Waals surface area contributed by atoms with Crippen LogP contribution in [0.5, 0.6) is 0 Å². The second kappa shape index (κ2) is 6.57. The molecule has 84 valence electrons. The Morgan fingerprint density at radius 3 is 1.47 bits per heavy atom. The summed E-state index contributed by atoms with van der Waals surface area (Å²) in [4.78, 5) is 0. The Hall–Kier alpha value is 0.0257. The van der Waals surface area contributed by atoms with Gasteiger partial charge >= 0.3 is 99.0 Å². The molecule has 0 N–H and O–H groups in total. The Morgan fingerprint density at radius 1 is 0.867 bits per heavy atom. The molecule has 0 aromatic carbocycles. The second-order valence-electron chi connectivity index (χ2n) is 4.94. The fourth-order valence-electron chi connectivity index (χ4n) is 1.56. The monoisotopic (exact) mass is 332 g/mol. The van der Waals surface area contributed by atoms with Crippen molar-refractivity contribution in [2.24, 2.45) is 0 Å². The van der Waals surface area contributed by atoms with Gasteiger partial charge in [0.05, 0.1) is 0 Å². The molecule has 0 aromatic rings. The van der Waals surface area contributed by atoms with Crippen molar-refractivity contribution in [2.75, 3.05) is 0 Å². The molecule has 0 aliphatic heterocycles. The normalized spacial score (nSPS) is 11.9. The minimum atomic E-state index is -2.16. The number of hydrogen-bond acceptors (Lipinski definition) is 3. The molecule has 0 radical (unpaired) electrons. The summed E-state index contributed by atoms with van der Waals surface area (Å²) in [7, 11) is 0. The Labute approximate surface area is 98.8 Å². The molecule has 0 amide bonds. The molecule has 0 unspecified atom stereocenters. The Bertz CT molecular complexity index is 248. The summed E-state index contributed by atoms with van der Waals surface area (Å²) in [6, 6.07) is 4.38. The first-order valence-corrected chi connectivity index (χ1v) is 18.3. The van der Waals surface area contributed by atoms with Crippen LogP contribution in [0, 0.1) is 22.7 Å². The molecular formula is C10H20Ge2N2O. The van der Waals surface area contributed by atoms with Crippen molar-refractivity contribution in [2.45, 2.75) is 46.4 Å². The van der Waals surface area contributed by atoms with Gasteiger partial charge in [-0.1, -0.05) is 0 Å².